The van der Waals surface area contributed by atoms with Gasteiger partial charge < -0.3 is 9.29 Å². The molecule has 5 nitrogen and oxygen atoms in total. The van der Waals surface area contributed by atoms with E-state index in [0.29, 0.717) is 0 Å². The van der Waals surface area contributed by atoms with Crippen molar-refractivity contribution in [3.63, 3.8) is 0 Å². The number of carbonyl (C=O) groups excluding carboxylic acids is 1. The Labute approximate surface area is 109 Å². The Morgan fingerprint density at radius 1 is 1.15 bits per heavy atom. The first-order valence-corrected chi connectivity index (χ1v) is 6.17. The molecule has 0 aromatic heterocycles. The molecule has 0 unspecified atom stereocenters. The summed E-state index contributed by atoms with van der Waals surface area (Å²) in [5, 5.41) is 0. The van der Waals surface area contributed by atoms with Crippen molar-refractivity contribution in [2.45, 2.75) is 24.9 Å². The van der Waals surface area contributed by atoms with Crippen LogP contribution in [0.3, 0.4) is 0 Å². The molecule has 0 radical (unpaired) electrons. The average Bonchev–Trinajstić information content (AvgIpc) is 2.10. The number of hydrogen-bond acceptors (Lipinski definition) is 5. The van der Waals surface area contributed by atoms with Gasteiger partial charge in [-0.3, -0.25) is 0 Å². The second-order valence-electron chi connectivity index (χ2n) is 3.45. The van der Waals surface area contributed by atoms with Gasteiger partial charge in [0.25, 0.3) is 0 Å². The number of allylic oxidation sites excluding steroid dienone is 1. The Balaban J connectivity index is 6.03. The summed E-state index contributed by atoms with van der Waals surface area (Å²) in [6.45, 7) is 1.09. The van der Waals surface area contributed by atoms with E-state index in [0.717, 1.165) is 13.0 Å². The minimum Gasteiger partial charge on any atom is -0.748 e. The molecule has 0 spiro atoms. The van der Waals surface area contributed by atoms with Crippen molar-refractivity contribution in [3.05, 3.63) is 12.2 Å². The van der Waals surface area contributed by atoms with E-state index in [1.165, 1.54) is 0 Å². The fourth-order valence-electron chi connectivity index (χ4n) is 1.06. The van der Waals surface area contributed by atoms with Crippen LogP contribution in [-0.2, 0) is 19.6 Å². The summed E-state index contributed by atoms with van der Waals surface area (Å²) in [6.07, 6.45) is -11.7. The third-order valence-electron chi connectivity index (χ3n) is 1.87. The van der Waals surface area contributed by atoms with Crippen LogP contribution >= 0.6 is 0 Å². The quantitative estimate of drug-likeness (QED) is 0.338. The Morgan fingerprint density at radius 3 is 1.80 bits per heavy atom. The van der Waals surface area contributed by atoms with Crippen LogP contribution in [0.4, 0.5) is 26.3 Å². The molecular formula is C8H7F6O5S-. The van der Waals surface area contributed by atoms with E-state index in [4.69, 9.17) is 0 Å². The van der Waals surface area contributed by atoms with Gasteiger partial charge in [-0.2, -0.15) is 26.3 Å². The number of alkyl halides is 6. The fraction of sp³-hybridized carbons (Fsp3) is 0.625. The van der Waals surface area contributed by atoms with E-state index in [9.17, 15) is 44.1 Å². The summed E-state index contributed by atoms with van der Waals surface area (Å²) >= 11 is 0. The first-order chi connectivity index (χ1) is 8.66. The van der Waals surface area contributed by atoms with Crippen LogP contribution in [0.25, 0.3) is 0 Å². The lowest BCUT2D eigenvalue weighted by molar-refractivity contribution is -0.360. The molecule has 0 aliphatic heterocycles. The van der Waals surface area contributed by atoms with E-state index < -0.39 is 39.8 Å². The molecular weight excluding hydrogens is 322 g/mol. The van der Waals surface area contributed by atoms with Gasteiger partial charge in [0.2, 0.25) is 0 Å². The lowest BCUT2D eigenvalue weighted by Gasteiger charge is -2.36. The molecule has 0 amide bonds. The van der Waals surface area contributed by atoms with Crippen LogP contribution < -0.4 is 0 Å². The second-order valence-corrected chi connectivity index (χ2v) is 4.85. The van der Waals surface area contributed by atoms with Gasteiger partial charge in [0.05, 0.1) is 15.9 Å². The monoisotopic (exact) mass is 329 g/mol. The Bertz CT molecular complexity index is 474. The van der Waals surface area contributed by atoms with Crippen LogP contribution in [0.1, 0.15) is 6.92 Å². The lowest BCUT2D eigenvalue weighted by Crippen LogP contribution is -2.63. The molecule has 0 atom stereocenters. The summed E-state index contributed by atoms with van der Waals surface area (Å²) in [5.41, 5.74) is -5.42. The predicted octanol–water partition coefficient (Wildman–Crippen LogP) is 1.51. The molecule has 0 heterocycles. The van der Waals surface area contributed by atoms with Crippen molar-refractivity contribution in [3.8, 4) is 0 Å². The summed E-state index contributed by atoms with van der Waals surface area (Å²) in [5.74, 6) is -5.10. The van der Waals surface area contributed by atoms with Crippen LogP contribution in [0, 0.1) is 0 Å². The van der Waals surface area contributed by atoms with Crippen LogP contribution in [0.15, 0.2) is 12.2 Å². The molecule has 0 saturated heterocycles. The molecule has 0 aromatic rings. The van der Waals surface area contributed by atoms with Gasteiger partial charge in [-0.1, -0.05) is 6.08 Å². The van der Waals surface area contributed by atoms with E-state index in [1.54, 1.807) is 0 Å². The molecule has 0 aliphatic carbocycles. The van der Waals surface area contributed by atoms with Crippen molar-refractivity contribution in [1.29, 1.82) is 0 Å². The highest BCUT2D eigenvalue weighted by molar-refractivity contribution is 7.85. The highest BCUT2D eigenvalue weighted by Gasteiger charge is 2.75. The van der Waals surface area contributed by atoms with E-state index in [1.807, 2.05) is 0 Å². The highest BCUT2D eigenvalue weighted by Crippen LogP contribution is 2.46. The summed E-state index contributed by atoms with van der Waals surface area (Å²) < 4.78 is 110. The fourth-order valence-corrected chi connectivity index (χ4v) is 1.94. The molecule has 0 N–H and O–H groups in total. The van der Waals surface area contributed by atoms with E-state index in [2.05, 4.69) is 4.74 Å². The van der Waals surface area contributed by atoms with Crippen molar-refractivity contribution in [2.24, 2.45) is 0 Å². The number of carbonyl (C=O) groups is 1. The average molecular weight is 329 g/mol. The number of hydrogen-bond donors (Lipinski definition) is 0. The zero-order valence-corrected chi connectivity index (χ0v) is 10.4. The first kappa shape index (κ1) is 18.7. The van der Waals surface area contributed by atoms with Crippen LogP contribution in [0.5, 0.6) is 0 Å². The van der Waals surface area contributed by atoms with E-state index >= 15 is 0 Å². The highest BCUT2D eigenvalue weighted by atomic mass is 32.2. The van der Waals surface area contributed by atoms with Gasteiger partial charge in [-0.25, -0.2) is 13.2 Å². The summed E-state index contributed by atoms with van der Waals surface area (Å²) in [4.78, 5) is 10.8. The van der Waals surface area contributed by atoms with Crippen molar-refractivity contribution in [1.82, 2.24) is 0 Å². The third-order valence-corrected chi connectivity index (χ3v) is 2.63. The predicted molar refractivity (Wildman–Crippen MR) is 50.3 cm³/mol. The van der Waals surface area contributed by atoms with Gasteiger partial charge in [-0.15, -0.1) is 0 Å². The van der Waals surface area contributed by atoms with Crippen molar-refractivity contribution >= 4 is 16.1 Å². The largest absolute Gasteiger partial charge is 0.748 e. The van der Waals surface area contributed by atoms with Crippen molar-refractivity contribution in [2.75, 3.05) is 5.75 Å². The molecule has 0 rings (SSSR count). The summed E-state index contributed by atoms with van der Waals surface area (Å²) in [7, 11) is -6.00. The Hall–Kier alpha value is -1.30. The molecule has 12 heteroatoms. The normalized spacial score (nSPS) is 14.6. The van der Waals surface area contributed by atoms with Gasteiger partial charge >= 0.3 is 23.9 Å². The smallest absolute Gasteiger partial charge is 0.438 e. The second kappa shape index (κ2) is 5.60. The molecule has 20 heavy (non-hydrogen) atoms. The molecule has 0 fully saturated rings. The topological polar surface area (TPSA) is 83.5 Å². The number of ether oxygens (including phenoxy) is 1. The maximum Gasteiger partial charge on any atom is 0.438 e. The molecule has 0 aliphatic rings. The third kappa shape index (κ3) is 4.37. The van der Waals surface area contributed by atoms with Crippen molar-refractivity contribution < 1.29 is 48.8 Å². The van der Waals surface area contributed by atoms with Gasteiger partial charge in [0, 0.05) is 6.08 Å². The summed E-state index contributed by atoms with van der Waals surface area (Å²) in [6, 6.07) is 0. The number of esters is 1. The molecule has 0 saturated carbocycles. The molecule has 118 valence electrons. The molecule has 0 bridgehead atoms. The Morgan fingerprint density at radius 2 is 1.55 bits per heavy atom. The maximum atomic E-state index is 12.6. The zero-order valence-electron chi connectivity index (χ0n) is 9.58. The minimum absolute atomic E-state index is 0.212. The zero-order chi connectivity index (χ0) is 16.4. The van der Waals surface area contributed by atoms with Gasteiger partial charge in [0.15, 0.2) is 0 Å². The van der Waals surface area contributed by atoms with Crippen LogP contribution in [-0.4, -0.2) is 42.6 Å². The number of rotatable bonds is 4. The SMILES string of the molecule is C/C=C/C(=O)OC(CS(=O)(=O)[O-])(C(F)(F)F)C(F)(F)F. The Kier molecular flexibility index (Phi) is 5.23. The maximum absolute atomic E-state index is 12.6. The number of halogens is 6. The molecule has 0 aromatic carbocycles. The van der Waals surface area contributed by atoms with Crippen LogP contribution in [0.2, 0.25) is 0 Å². The standard InChI is InChI=1S/C8H8F6O5S/c1-2-3-5(15)19-6(7(9,10)11,8(12,13)14)4-20(16,17)18/h2-3H,4H2,1H3,(H,16,17,18)/p-1/b3-2+. The van der Waals surface area contributed by atoms with Gasteiger partial charge in [-0.05, 0) is 6.92 Å². The first-order valence-electron chi connectivity index (χ1n) is 4.59. The van der Waals surface area contributed by atoms with Gasteiger partial charge in [0.1, 0.15) is 0 Å². The minimum atomic E-state index is -6.35. The lowest BCUT2D eigenvalue weighted by atomic mass is 10.1. The van der Waals surface area contributed by atoms with E-state index in [-0.39, 0.29) is 6.08 Å².